The normalized spacial score (nSPS) is 17.3. The van der Waals surface area contributed by atoms with Gasteiger partial charge in [-0.1, -0.05) is 26.7 Å². The van der Waals surface area contributed by atoms with Crippen molar-refractivity contribution in [3.8, 4) is 0 Å². The maximum absolute atomic E-state index is 11.5. The smallest absolute Gasteiger partial charge is 0.222 e. The van der Waals surface area contributed by atoms with E-state index in [0.29, 0.717) is 18.5 Å². The number of rotatable bonds is 9. The lowest BCUT2D eigenvalue weighted by atomic mass is 9.83. The molecular formula is C17H34N4O2. The van der Waals surface area contributed by atoms with Gasteiger partial charge in [-0.25, -0.2) is 0 Å². The van der Waals surface area contributed by atoms with Crippen molar-refractivity contribution in [1.29, 1.82) is 0 Å². The van der Waals surface area contributed by atoms with Crippen molar-refractivity contribution in [2.75, 3.05) is 40.4 Å². The largest absolute Gasteiger partial charge is 0.385 e. The Morgan fingerprint density at radius 3 is 2.39 bits per heavy atom. The molecule has 1 fully saturated rings. The molecule has 1 aliphatic carbocycles. The quantitative estimate of drug-likeness (QED) is 0.341. The molecule has 0 aromatic carbocycles. The molecule has 0 heterocycles. The molecule has 23 heavy (non-hydrogen) atoms. The summed E-state index contributed by atoms with van der Waals surface area (Å²) in [5, 5.41) is 9.59. The molecule has 0 aliphatic heterocycles. The fraction of sp³-hybridized carbons (Fsp3) is 0.882. The first-order valence-corrected chi connectivity index (χ1v) is 8.74. The molecule has 134 valence electrons. The Morgan fingerprint density at radius 1 is 1.17 bits per heavy atom. The van der Waals surface area contributed by atoms with Crippen molar-refractivity contribution >= 4 is 11.9 Å². The molecule has 0 spiro atoms. The van der Waals surface area contributed by atoms with Gasteiger partial charge in [0.2, 0.25) is 5.91 Å². The van der Waals surface area contributed by atoms with Gasteiger partial charge in [0.15, 0.2) is 5.96 Å². The maximum atomic E-state index is 11.5. The van der Waals surface area contributed by atoms with Crippen LogP contribution in [0.2, 0.25) is 0 Å². The van der Waals surface area contributed by atoms with E-state index in [9.17, 15) is 4.79 Å². The highest BCUT2D eigenvalue weighted by atomic mass is 16.5. The number of amides is 1. The van der Waals surface area contributed by atoms with E-state index < -0.39 is 0 Å². The van der Waals surface area contributed by atoms with Crippen LogP contribution in [-0.2, 0) is 9.53 Å². The minimum atomic E-state index is 0.0236. The van der Waals surface area contributed by atoms with Crippen LogP contribution >= 0.6 is 0 Å². The number of aliphatic imine (C=N–C) groups is 1. The standard InChI is InChI=1S/C17H34N4O2/c1-14(2)15(22)19-10-11-20-16(18-3)21-13-17(9-12-23-4)7-5-6-8-17/h14H,5-13H2,1-4H3,(H,19,22)(H2,18,20,21). The third-order valence-electron chi connectivity index (χ3n) is 4.60. The topological polar surface area (TPSA) is 74.8 Å². The molecule has 6 heteroatoms. The van der Waals surface area contributed by atoms with Crippen molar-refractivity contribution in [2.24, 2.45) is 16.3 Å². The number of methoxy groups -OCH3 is 1. The predicted octanol–water partition coefficient (Wildman–Crippen LogP) is 1.52. The van der Waals surface area contributed by atoms with E-state index in [1.807, 2.05) is 13.8 Å². The van der Waals surface area contributed by atoms with Gasteiger partial charge in [-0.3, -0.25) is 9.79 Å². The maximum Gasteiger partial charge on any atom is 0.222 e. The average molecular weight is 326 g/mol. The Bertz CT molecular complexity index is 377. The number of hydrogen-bond acceptors (Lipinski definition) is 3. The molecule has 0 aromatic rings. The van der Waals surface area contributed by atoms with Gasteiger partial charge in [-0.15, -0.1) is 0 Å². The summed E-state index contributed by atoms with van der Waals surface area (Å²) in [6, 6.07) is 0. The highest BCUT2D eigenvalue weighted by Crippen LogP contribution is 2.40. The van der Waals surface area contributed by atoms with Gasteiger partial charge in [-0.05, 0) is 24.7 Å². The number of carbonyl (C=O) groups excluding carboxylic acids is 1. The van der Waals surface area contributed by atoms with Crippen molar-refractivity contribution in [3.63, 3.8) is 0 Å². The minimum absolute atomic E-state index is 0.0236. The molecule has 0 atom stereocenters. The summed E-state index contributed by atoms with van der Waals surface area (Å²) in [7, 11) is 3.54. The highest BCUT2D eigenvalue weighted by molar-refractivity contribution is 5.80. The van der Waals surface area contributed by atoms with Crippen LogP contribution in [-0.4, -0.2) is 52.3 Å². The van der Waals surface area contributed by atoms with Gasteiger partial charge >= 0.3 is 0 Å². The summed E-state index contributed by atoms with van der Waals surface area (Å²) < 4.78 is 5.27. The van der Waals surface area contributed by atoms with Crippen LogP contribution in [0.3, 0.4) is 0 Å². The minimum Gasteiger partial charge on any atom is -0.385 e. The van der Waals surface area contributed by atoms with E-state index in [2.05, 4.69) is 20.9 Å². The third-order valence-corrected chi connectivity index (χ3v) is 4.60. The van der Waals surface area contributed by atoms with Crippen molar-refractivity contribution in [3.05, 3.63) is 0 Å². The molecule has 0 aromatic heterocycles. The van der Waals surface area contributed by atoms with Crippen molar-refractivity contribution in [2.45, 2.75) is 46.0 Å². The Morgan fingerprint density at radius 2 is 1.83 bits per heavy atom. The highest BCUT2D eigenvalue weighted by Gasteiger charge is 2.33. The Labute approximate surface area is 140 Å². The lowest BCUT2D eigenvalue weighted by molar-refractivity contribution is -0.123. The Balaban J connectivity index is 2.31. The lowest BCUT2D eigenvalue weighted by Crippen LogP contribution is -2.45. The SMILES string of the molecule is CN=C(NCCNC(=O)C(C)C)NCC1(CCOC)CCCC1. The zero-order chi connectivity index (χ0) is 17.1. The summed E-state index contributed by atoms with van der Waals surface area (Å²) in [6.45, 7) is 6.80. The second-order valence-electron chi connectivity index (χ2n) is 6.75. The van der Waals surface area contributed by atoms with Gasteiger partial charge in [0.25, 0.3) is 0 Å². The number of guanidine groups is 1. The molecule has 1 aliphatic rings. The van der Waals surface area contributed by atoms with E-state index in [-0.39, 0.29) is 11.8 Å². The zero-order valence-electron chi connectivity index (χ0n) is 15.2. The predicted molar refractivity (Wildman–Crippen MR) is 94.6 cm³/mol. The third kappa shape index (κ3) is 7.20. The molecule has 0 bridgehead atoms. The second kappa shape index (κ2) is 10.5. The summed E-state index contributed by atoms with van der Waals surface area (Å²) in [5.74, 6) is 0.905. The molecular weight excluding hydrogens is 292 g/mol. The van der Waals surface area contributed by atoms with E-state index >= 15 is 0 Å². The monoisotopic (exact) mass is 326 g/mol. The number of ether oxygens (including phenoxy) is 1. The van der Waals surface area contributed by atoms with E-state index in [4.69, 9.17) is 4.74 Å². The van der Waals surface area contributed by atoms with Crippen LogP contribution in [0.4, 0.5) is 0 Å². The summed E-state index contributed by atoms with van der Waals surface area (Å²) in [6.07, 6.45) is 6.21. The van der Waals surface area contributed by atoms with Crippen LogP contribution < -0.4 is 16.0 Å². The molecule has 1 amide bonds. The van der Waals surface area contributed by atoms with E-state index in [1.165, 1.54) is 25.7 Å². The Hall–Kier alpha value is -1.30. The van der Waals surface area contributed by atoms with Crippen LogP contribution in [0.25, 0.3) is 0 Å². The molecule has 1 rings (SSSR count). The van der Waals surface area contributed by atoms with Crippen molar-refractivity contribution < 1.29 is 9.53 Å². The summed E-state index contributed by atoms with van der Waals surface area (Å²) in [4.78, 5) is 15.8. The molecule has 0 unspecified atom stereocenters. The van der Waals surface area contributed by atoms with Gasteiger partial charge in [0.05, 0.1) is 0 Å². The molecule has 6 nitrogen and oxygen atoms in total. The first-order valence-electron chi connectivity index (χ1n) is 8.74. The van der Waals surface area contributed by atoms with E-state index in [0.717, 1.165) is 25.5 Å². The summed E-state index contributed by atoms with van der Waals surface area (Å²) in [5.41, 5.74) is 0.333. The molecule has 1 saturated carbocycles. The van der Waals surface area contributed by atoms with Crippen molar-refractivity contribution in [1.82, 2.24) is 16.0 Å². The lowest BCUT2D eigenvalue weighted by Gasteiger charge is -2.30. The molecule has 0 radical (unpaired) electrons. The second-order valence-corrected chi connectivity index (χ2v) is 6.75. The first-order chi connectivity index (χ1) is 11.0. The summed E-state index contributed by atoms with van der Waals surface area (Å²) >= 11 is 0. The van der Waals surface area contributed by atoms with Gasteiger partial charge < -0.3 is 20.7 Å². The van der Waals surface area contributed by atoms with Gasteiger partial charge in [0.1, 0.15) is 0 Å². The van der Waals surface area contributed by atoms with Crippen LogP contribution in [0.5, 0.6) is 0 Å². The fourth-order valence-corrected chi connectivity index (χ4v) is 3.02. The van der Waals surface area contributed by atoms with Gasteiger partial charge in [-0.2, -0.15) is 0 Å². The molecule has 0 saturated heterocycles. The number of nitrogens with one attached hydrogen (secondary N) is 3. The number of carbonyl (C=O) groups is 1. The Kier molecular flexibility index (Phi) is 8.99. The average Bonchev–Trinajstić information content (AvgIpc) is 3.01. The fourth-order valence-electron chi connectivity index (χ4n) is 3.02. The number of nitrogens with zero attached hydrogens (tertiary/aromatic N) is 1. The van der Waals surface area contributed by atoms with Crippen LogP contribution in [0, 0.1) is 11.3 Å². The van der Waals surface area contributed by atoms with Crippen LogP contribution in [0.1, 0.15) is 46.0 Å². The zero-order valence-corrected chi connectivity index (χ0v) is 15.2. The first kappa shape index (κ1) is 19.7. The number of hydrogen-bond donors (Lipinski definition) is 3. The van der Waals surface area contributed by atoms with Crippen LogP contribution in [0.15, 0.2) is 4.99 Å². The van der Waals surface area contributed by atoms with Gasteiger partial charge in [0, 0.05) is 46.3 Å². The van der Waals surface area contributed by atoms with E-state index in [1.54, 1.807) is 14.2 Å². The molecule has 3 N–H and O–H groups in total.